The van der Waals surface area contributed by atoms with E-state index in [1.54, 1.807) is 30.0 Å². The monoisotopic (exact) mass is 366 g/mol. The van der Waals surface area contributed by atoms with Gasteiger partial charge in [-0.25, -0.2) is 4.98 Å². The zero-order valence-corrected chi connectivity index (χ0v) is 15.4. The molecule has 2 aromatic rings. The summed E-state index contributed by atoms with van der Waals surface area (Å²) < 4.78 is 5.74. The molecule has 1 heterocycles. The molecule has 1 aromatic carbocycles. The molecule has 0 aliphatic heterocycles. The van der Waals surface area contributed by atoms with Crippen LogP contribution in [-0.4, -0.2) is 9.73 Å². The quantitative estimate of drug-likeness (QED) is 0.648. The van der Waals surface area contributed by atoms with Gasteiger partial charge in [0.05, 0.1) is 0 Å². The van der Waals surface area contributed by atoms with Gasteiger partial charge in [-0.3, -0.25) is 0 Å². The van der Waals surface area contributed by atoms with E-state index >= 15 is 0 Å². The molecule has 0 fully saturated rings. The normalized spacial score (nSPS) is 11.1. The summed E-state index contributed by atoms with van der Waals surface area (Å²) in [5.74, 6) is 0.404. The van der Waals surface area contributed by atoms with Gasteiger partial charge in [0.1, 0.15) is 18.4 Å². The third kappa shape index (κ3) is 5.62. The fourth-order valence-electron chi connectivity index (χ4n) is 1.82. The highest BCUT2D eigenvalue weighted by Gasteiger charge is 2.14. The van der Waals surface area contributed by atoms with Crippen LogP contribution in [0.25, 0.3) is 0 Å². The number of hydrogen-bond acceptors (Lipinski definition) is 4. The van der Waals surface area contributed by atoms with Crippen LogP contribution in [0.3, 0.4) is 0 Å². The van der Waals surface area contributed by atoms with Crippen molar-refractivity contribution in [1.82, 2.24) is 4.98 Å². The fourth-order valence-corrected chi connectivity index (χ4v) is 3.32. The van der Waals surface area contributed by atoms with Crippen LogP contribution in [0.1, 0.15) is 32.0 Å². The summed E-state index contributed by atoms with van der Waals surface area (Å²) >= 11 is 13.7. The van der Waals surface area contributed by atoms with Crippen LogP contribution in [0.5, 0.6) is 5.88 Å². The van der Waals surface area contributed by atoms with E-state index < -0.39 is 0 Å². The lowest BCUT2D eigenvalue weighted by atomic mass is 10.2. The van der Waals surface area contributed by atoms with E-state index in [0.29, 0.717) is 21.6 Å². The number of hydrogen-bond donors (Lipinski definition) is 0. The minimum atomic E-state index is 0.0326. The Hall–Kier alpha value is -1.41. The highest BCUT2D eigenvalue weighted by molar-refractivity contribution is 8.00. The topological polar surface area (TPSA) is 45.9 Å². The number of nitrogens with zero attached hydrogens (tertiary/aromatic N) is 2. The third-order valence-electron chi connectivity index (χ3n) is 2.70. The number of thioether (sulfide) groups is 1. The molecule has 0 bridgehead atoms. The summed E-state index contributed by atoms with van der Waals surface area (Å²) in [6.45, 7) is 6.59. The van der Waals surface area contributed by atoms with Crippen LogP contribution in [0.2, 0.25) is 10.0 Å². The van der Waals surface area contributed by atoms with Gasteiger partial charge in [-0.05, 0) is 18.2 Å². The van der Waals surface area contributed by atoms with Gasteiger partial charge in [0, 0.05) is 31.3 Å². The molecular formula is C17H16Cl2N2OS. The number of nitriles is 1. The highest BCUT2D eigenvalue weighted by Crippen LogP contribution is 2.33. The van der Waals surface area contributed by atoms with Crippen molar-refractivity contribution in [3.05, 3.63) is 51.6 Å². The fraction of sp³-hybridized carbons (Fsp3) is 0.294. The number of rotatable bonds is 4. The smallest absolute Gasteiger partial charge is 0.215 e. The van der Waals surface area contributed by atoms with Gasteiger partial charge in [-0.15, -0.1) is 11.8 Å². The Morgan fingerprint density at radius 1 is 1.22 bits per heavy atom. The first kappa shape index (κ1) is 17.9. The Morgan fingerprint density at radius 3 is 2.57 bits per heavy atom. The van der Waals surface area contributed by atoms with Crippen LogP contribution >= 0.6 is 35.0 Å². The Balaban J connectivity index is 2.19. The first-order chi connectivity index (χ1) is 10.8. The van der Waals surface area contributed by atoms with E-state index in [2.05, 4.69) is 31.8 Å². The molecule has 0 unspecified atom stereocenters. The maximum Gasteiger partial charge on any atom is 0.215 e. The summed E-state index contributed by atoms with van der Waals surface area (Å²) in [5, 5.41) is 10.2. The highest BCUT2D eigenvalue weighted by atomic mass is 35.5. The molecule has 3 nitrogen and oxygen atoms in total. The molecule has 0 N–H and O–H groups in total. The molecule has 0 saturated heterocycles. The molecule has 0 spiro atoms. The molecule has 0 amide bonds. The lowest BCUT2D eigenvalue weighted by Gasteiger charge is -2.18. The molecular weight excluding hydrogens is 351 g/mol. The molecule has 120 valence electrons. The van der Waals surface area contributed by atoms with E-state index in [4.69, 9.17) is 33.2 Å². The van der Waals surface area contributed by atoms with Crippen molar-refractivity contribution in [2.75, 3.05) is 0 Å². The summed E-state index contributed by atoms with van der Waals surface area (Å²) in [5.41, 5.74) is 1.14. The first-order valence-corrected chi connectivity index (χ1v) is 8.52. The zero-order chi connectivity index (χ0) is 17.0. The van der Waals surface area contributed by atoms with E-state index in [1.165, 1.54) is 0 Å². The van der Waals surface area contributed by atoms with Crippen LogP contribution in [-0.2, 0) is 6.61 Å². The van der Waals surface area contributed by atoms with Crippen molar-refractivity contribution in [1.29, 1.82) is 5.26 Å². The average Bonchev–Trinajstić information content (AvgIpc) is 2.44. The standard InChI is InChI=1S/C17H16Cl2N2OS/c1-17(2,3)23-14-7-13(9-20)21-16(8-14)22-10-11-4-5-12(18)6-15(11)19/h4-8H,10H2,1-3H3. The van der Waals surface area contributed by atoms with Crippen LogP contribution in [0.4, 0.5) is 0 Å². The molecule has 0 aliphatic carbocycles. The lowest BCUT2D eigenvalue weighted by Crippen LogP contribution is -2.07. The summed E-state index contributed by atoms with van der Waals surface area (Å²) in [6.07, 6.45) is 0. The molecule has 0 atom stereocenters. The summed E-state index contributed by atoms with van der Waals surface area (Å²) in [4.78, 5) is 5.12. The summed E-state index contributed by atoms with van der Waals surface area (Å²) in [6, 6.07) is 10.9. The van der Waals surface area contributed by atoms with Crippen LogP contribution in [0, 0.1) is 11.3 Å². The van der Waals surface area contributed by atoms with Crippen molar-refractivity contribution in [2.45, 2.75) is 37.0 Å². The largest absolute Gasteiger partial charge is 0.473 e. The second-order valence-electron chi connectivity index (χ2n) is 5.88. The van der Waals surface area contributed by atoms with Gasteiger partial charge < -0.3 is 4.74 Å². The number of benzene rings is 1. The number of aromatic nitrogens is 1. The molecule has 0 aliphatic rings. The molecule has 0 radical (unpaired) electrons. The van der Waals surface area contributed by atoms with Crippen molar-refractivity contribution < 1.29 is 4.74 Å². The minimum absolute atomic E-state index is 0.0326. The zero-order valence-electron chi connectivity index (χ0n) is 13.1. The Bertz CT molecular complexity index is 751. The first-order valence-electron chi connectivity index (χ1n) is 6.95. The summed E-state index contributed by atoms with van der Waals surface area (Å²) in [7, 11) is 0. The lowest BCUT2D eigenvalue weighted by molar-refractivity contribution is 0.293. The van der Waals surface area contributed by atoms with Crippen LogP contribution in [0.15, 0.2) is 35.2 Å². The predicted octanol–water partition coefficient (Wildman–Crippen LogP) is 5.73. The maximum atomic E-state index is 9.13. The van der Waals surface area contributed by atoms with E-state index in [9.17, 15) is 0 Å². The van der Waals surface area contributed by atoms with Crippen molar-refractivity contribution in [3.63, 3.8) is 0 Å². The van der Waals surface area contributed by atoms with Crippen molar-refractivity contribution in [2.24, 2.45) is 0 Å². The van der Waals surface area contributed by atoms with Crippen LogP contribution < -0.4 is 4.74 Å². The van der Waals surface area contributed by atoms with E-state index in [1.807, 2.05) is 12.1 Å². The molecule has 0 saturated carbocycles. The second kappa shape index (κ2) is 7.44. The van der Waals surface area contributed by atoms with Crippen molar-refractivity contribution >= 4 is 35.0 Å². The van der Waals surface area contributed by atoms with Crippen molar-refractivity contribution in [3.8, 4) is 11.9 Å². The Labute approximate surface area is 150 Å². The molecule has 6 heteroatoms. The SMILES string of the molecule is CC(C)(C)Sc1cc(C#N)nc(OCc2ccc(Cl)cc2Cl)c1. The predicted molar refractivity (Wildman–Crippen MR) is 95.4 cm³/mol. The molecule has 23 heavy (non-hydrogen) atoms. The van der Waals surface area contributed by atoms with Gasteiger partial charge in [-0.2, -0.15) is 5.26 Å². The van der Waals surface area contributed by atoms with Gasteiger partial charge >= 0.3 is 0 Å². The number of halogens is 2. The average molecular weight is 367 g/mol. The van der Waals surface area contributed by atoms with Gasteiger partial charge in [0.2, 0.25) is 5.88 Å². The Morgan fingerprint density at radius 2 is 1.96 bits per heavy atom. The Kier molecular flexibility index (Phi) is 5.80. The third-order valence-corrected chi connectivity index (χ3v) is 4.38. The molecule has 2 rings (SSSR count). The minimum Gasteiger partial charge on any atom is -0.473 e. The van der Waals surface area contributed by atoms with Gasteiger partial charge in [0.25, 0.3) is 0 Å². The van der Waals surface area contributed by atoms with E-state index in [-0.39, 0.29) is 11.4 Å². The van der Waals surface area contributed by atoms with Gasteiger partial charge in [-0.1, -0.05) is 50.0 Å². The maximum absolute atomic E-state index is 9.13. The number of pyridine rings is 1. The van der Waals surface area contributed by atoms with E-state index in [0.717, 1.165) is 10.5 Å². The molecule has 1 aromatic heterocycles. The second-order valence-corrected chi connectivity index (χ2v) is 8.62. The number of ether oxygens (including phenoxy) is 1. The van der Waals surface area contributed by atoms with Gasteiger partial charge in [0.15, 0.2) is 0 Å².